The molecule has 170 valence electrons. The highest BCUT2D eigenvalue weighted by Gasteiger charge is 2.31. The first kappa shape index (κ1) is 23.5. The van der Waals surface area contributed by atoms with Crippen LogP contribution in [0.15, 0.2) is 42.5 Å². The van der Waals surface area contributed by atoms with Crippen molar-refractivity contribution in [2.45, 2.75) is 19.4 Å². The molecule has 1 N–H and O–H groups in total. The summed E-state index contributed by atoms with van der Waals surface area (Å²) in [6, 6.07) is 10.4. The monoisotopic (exact) mass is 461 g/mol. The van der Waals surface area contributed by atoms with Crippen LogP contribution in [0, 0.1) is 11.7 Å². The molecule has 3 rings (SSSR count). The van der Waals surface area contributed by atoms with Crippen LogP contribution in [-0.2, 0) is 9.59 Å². The zero-order valence-electron chi connectivity index (χ0n) is 18.1. The summed E-state index contributed by atoms with van der Waals surface area (Å²) in [5, 5.41) is 2.74. The van der Waals surface area contributed by atoms with E-state index >= 15 is 0 Å². The van der Waals surface area contributed by atoms with Crippen molar-refractivity contribution in [3.05, 3.63) is 58.9 Å². The maximum Gasteiger partial charge on any atom is 0.313 e. The molecular weight excluding hydrogens is 437 g/mol. The van der Waals surface area contributed by atoms with E-state index in [0.717, 1.165) is 4.90 Å². The predicted octanol–water partition coefficient (Wildman–Crippen LogP) is 3.44. The van der Waals surface area contributed by atoms with Gasteiger partial charge in [0.15, 0.2) is 0 Å². The number of ether oxygens (including phenoxy) is 1. The average Bonchev–Trinajstić information content (AvgIpc) is 2.76. The Kier molecular flexibility index (Phi) is 7.35. The number of amides is 3. The minimum Gasteiger partial charge on any atom is -0.490 e. The summed E-state index contributed by atoms with van der Waals surface area (Å²) in [6.45, 7) is 2.90. The summed E-state index contributed by atoms with van der Waals surface area (Å²) in [7, 11) is 2.95. The van der Waals surface area contributed by atoms with Gasteiger partial charge in [0.2, 0.25) is 0 Å². The second-order valence-corrected chi connectivity index (χ2v) is 8.38. The number of piperidine rings is 1. The van der Waals surface area contributed by atoms with Gasteiger partial charge < -0.3 is 19.9 Å². The lowest BCUT2D eigenvalue weighted by Crippen LogP contribution is -2.47. The number of nitrogens with one attached hydrogen (secondary N) is 1. The number of likely N-dealkylation sites (N-methyl/N-ethyl adjacent to an activating group) is 1. The Morgan fingerprint density at radius 3 is 2.47 bits per heavy atom. The highest BCUT2D eigenvalue weighted by Crippen LogP contribution is 2.27. The van der Waals surface area contributed by atoms with E-state index in [4.69, 9.17) is 16.3 Å². The van der Waals surface area contributed by atoms with Gasteiger partial charge in [-0.1, -0.05) is 18.5 Å². The number of halogens is 2. The average molecular weight is 462 g/mol. The Bertz CT molecular complexity index is 1010. The topological polar surface area (TPSA) is 79.0 Å². The van der Waals surface area contributed by atoms with E-state index in [1.807, 2.05) is 6.92 Å². The maximum atomic E-state index is 13.1. The van der Waals surface area contributed by atoms with Crippen molar-refractivity contribution in [1.29, 1.82) is 0 Å². The molecule has 0 bridgehead atoms. The summed E-state index contributed by atoms with van der Waals surface area (Å²) in [4.78, 5) is 39.8. The molecule has 2 aromatic carbocycles. The van der Waals surface area contributed by atoms with Crippen molar-refractivity contribution in [3.63, 3.8) is 0 Å². The Morgan fingerprint density at radius 1 is 1.16 bits per heavy atom. The zero-order valence-corrected chi connectivity index (χ0v) is 18.9. The summed E-state index contributed by atoms with van der Waals surface area (Å²) < 4.78 is 19.1. The van der Waals surface area contributed by atoms with Crippen LogP contribution >= 0.6 is 11.6 Å². The SMILES string of the molecule is C[C@H]1CN(C(=O)c2cc(NC(=O)C(=O)N(C)C)ccc2Cl)CC[C@@H]1Oc1ccc(F)cc1. The van der Waals surface area contributed by atoms with Crippen LogP contribution in [-0.4, -0.2) is 60.8 Å². The lowest BCUT2D eigenvalue weighted by atomic mass is 9.95. The third-order valence-corrected chi connectivity index (χ3v) is 5.60. The molecule has 0 aromatic heterocycles. The molecule has 1 saturated heterocycles. The largest absolute Gasteiger partial charge is 0.490 e. The fraction of sp³-hybridized carbons (Fsp3) is 0.348. The minimum absolute atomic E-state index is 0.0390. The molecule has 9 heteroatoms. The third kappa shape index (κ3) is 5.56. The molecule has 3 amide bonds. The van der Waals surface area contributed by atoms with Gasteiger partial charge in [0, 0.05) is 45.2 Å². The van der Waals surface area contributed by atoms with Gasteiger partial charge in [-0.05, 0) is 42.5 Å². The highest BCUT2D eigenvalue weighted by molar-refractivity contribution is 6.39. The van der Waals surface area contributed by atoms with Crippen molar-refractivity contribution in [2.24, 2.45) is 5.92 Å². The Hall–Kier alpha value is -3.13. The molecule has 1 heterocycles. The molecule has 1 aliphatic heterocycles. The summed E-state index contributed by atoms with van der Waals surface area (Å²) in [5.41, 5.74) is 0.549. The second kappa shape index (κ2) is 9.99. The van der Waals surface area contributed by atoms with E-state index in [-0.39, 0.29) is 34.3 Å². The van der Waals surface area contributed by atoms with Crippen LogP contribution in [0.4, 0.5) is 10.1 Å². The Labute approximate surface area is 191 Å². The number of carbonyl (C=O) groups is 3. The van der Waals surface area contributed by atoms with E-state index in [2.05, 4.69) is 5.32 Å². The molecule has 32 heavy (non-hydrogen) atoms. The fourth-order valence-electron chi connectivity index (χ4n) is 3.50. The summed E-state index contributed by atoms with van der Waals surface area (Å²) >= 11 is 6.25. The first-order chi connectivity index (χ1) is 15.2. The van der Waals surface area contributed by atoms with Gasteiger partial charge in [-0.3, -0.25) is 14.4 Å². The van der Waals surface area contributed by atoms with Crippen molar-refractivity contribution in [3.8, 4) is 5.75 Å². The van der Waals surface area contributed by atoms with E-state index in [0.29, 0.717) is 30.9 Å². The quantitative estimate of drug-likeness (QED) is 0.707. The normalized spacial score (nSPS) is 18.1. The van der Waals surface area contributed by atoms with Gasteiger partial charge >= 0.3 is 11.8 Å². The molecule has 0 saturated carbocycles. The molecular formula is C23H25ClFN3O4. The van der Waals surface area contributed by atoms with E-state index in [9.17, 15) is 18.8 Å². The highest BCUT2D eigenvalue weighted by atomic mass is 35.5. The lowest BCUT2D eigenvalue weighted by Gasteiger charge is -2.37. The lowest BCUT2D eigenvalue weighted by molar-refractivity contribution is -0.141. The minimum atomic E-state index is -0.803. The number of carbonyl (C=O) groups excluding carboxylic acids is 3. The standard InChI is InChI=1S/C23H25ClFN3O4/c1-14-13-28(11-10-20(14)32-17-7-4-15(25)5-8-17)22(30)18-12-16(6-9-19(18)24)26-21(29)23(31)27(2)3/h4-9,12,14,20H,10-11,13H2,1-3H3,(H,26,29)/t14-,20-/m0/s1. The molecule has 1 aliphatic rings. The number of benzene rings is 2. The molecule has 2 aromatic rings. The fourth-order valence-corrected chi connectivity index (χ4v) is 3.69. The first-order valence-electron chi connectivity index (χ1n) is 10.2. The number of hydrogen-bond donors (Lipinski definition) is 1. The molecule has 1 fully saturated rings. The van der Waals surface area contributed by atoms with E-state index in [1.54, 1.807) is 17.0 Å². The molecule has 2 atom stereocenters. The number of nitrogens with zero attached hydrogens (tertiary/aromatic N) is 2. The number of rotatable bonds is 4. The van der Waals surface area contributed by atoms with Crippen molar-refractivity contribution >= 4 is 35.0 Å². The van der Waals surface area contributed by atoms with Crippen LogP contribution in [0.5, 0.6) is 5.75 Å². The number of hydrogen-bond acceptors (Lipinski definition) is 4. The summed E-state index contributed by atoms with van der Waals surface area (Å²) in [5.74, 6) is -1.48. The number of anilines is 1. The summed E-state index contributed by atoms with van der Waals surface area (Å²) in [6.07, 6.45) is 0.498. The first-order valence-corrected chi connectivity index (χ1v) is 10.6. The maximum absolute atomic E-state index is 13.1. The second-order valence-electron chi connectivity index (χ2n) is 7.98. The van der Waals surface area contributed by atoms with Gasteiger partial charge in [-0.2, -0.15) is 0 Å². The van der Waals surface area contributed by atoms with Crippen LogP contribution in [0.3, 0.4) is 0 Å². The smallest absolute Gasteiger partial charge is 0.313 e. The van der Waals surface area contributed by atoms with Crippen LogP contribution in [0.1, 0.15) is 23.7 Å². The van der Waals surface area contributed by atoms with Crippen LogP contribution < -0.4 is 10.1 Å². The third-order valence-electron chi connectivity index (χ3n) is 5.27. The molecule has 0 radical (unpaired) electrons. The molecule has 0 spiro atoms. The molecule has 7 nitrogen and oxygen atoms in total. The van der Waals surface area contributed by atoms with Gasteiger partial charge in [-0.25, -0.2) is 4.39 Å². The predicted molar refractivity (Wildman–Crippen MR) is 119 cm³/mol. The van der Waals surface area contributed by atoms with Gasteiger partial charge in [0.25, 0.3) is 5.91 Å². The van der Waals surface area contributed by atoms with Gasteiger partial charge in [0.1, 0.15) is 17.7 Å². The van der Waals surface area contributed by atoms with E-state index in [1.165, 1.54) is 44.4 Å². The van der Waals surface area contributed by atoms with Crippen LogP contribution in [0.2, 0.25) is 5.02 Å². The molecule has 0 unspecified atom stereocenters. The van der Waals surface area contributed by atoms with Crippen molar-refractivity contribution in [2.75, 3.05) is 32.5 Å². The van der Waals surface area contributed by atoms with Crippen molar-refractivity contribution < 1.29 is 23.5 Å². The van der Waals surface area contributed by atoms with Gasteiger partial charge in [0.05, 0.1) is 10.6 Å². The molecule has 0 aliphatic carbocycles. The Balaban J connectivity index is 1.66. The zero-order chi connectivity index (χ0) is 23.4. The number of likely N-dealkylation sites (tertiary alicyclic amines) is 1. The van der Waals surface area contributed by atoms with E-state index < -0.39 is 11.8 Å². The van der Waals surface area contributed by atoms with Gasteiger partial charge in [-0.15, -0.1) is 0 Å². The van der Waals surface area contributed by atoms with Crippen molar-refractivity contribution in [1.82, 2.24) is 9.80 Å². The van der Waals surface area contributed by atoms with Crippen LogP contribution in [0.25, 0.3) is 0 Å². The Morgan fingerprint density at radius 2 is 1.84 bits per heavy atom.